The molecule has 3 nitrogen and oxygen atoms in total. The number of hydrogen-bond acceptors (Lipinski definition) is 3. The minimum Gasteiger partial charge on any atom is -0.595 e. The minimum absolute atomic E-state index is 0.119. The average Bonchev–Trinajstić information content (AvgIpc) is 2.74. The zero-order valence-corrected chi connectivity index (χ0v) is 20.0. The molecule has 1 fully saturated rings. The predicted octanol–water partition coefficient (Wildman–Crippen LogP) is 6.15. The normalized spacial score (nSPS) is 23.8. The second-order valence-corrected chi connectivity index (χ2v) is 10.4. The van der Waals surface area contributed by atoms with E-state index in [-0.39, 0.29) is 18.6 Å². The Balaban J connectivity index is 2.12. The van der Waals surface area contributed by atoms with Crippen LogP contribution in [0.15, 0.2) is 66.7 Å². The van der Waals surface area contributed by atoms with Crippen molar-refractivity contribution in [3.63, 3.8) is 0 Å². The van der Waals surface area contributed by atoms with Crippen LogP contribution < -0.4 is 4.89 Å². The summed E-state index contributed by atoms with van der Waals surface area (Å²) in [7, 11) is -2.93. The van der Waals surface area contributed by atoms with Gasteiger partial charge in [-0.15, -0.1) is 0 Å². The summed E-state index contributed by atoms with van der Waals surface area (Å²) in [6.45, 7) is 8.07. The molecule has 0 saturated heterocycles. The molecule has 0 bridgehead atoms. The number of ketones is 1. The van der Waals surface area contributed by atoms with E-state index < -0.39 is 25.0 Å². The number of aryl methyl sites for hydroxylation is 4. The molecule has 3 atom stereocenters. The van der Waals surface area contributed by atoms with E-state index in [0.717, 1.165) is 38.9 Å². The first-order chi connectivity index (χ1) is 15.3. The summed E-state index contributed by atoms with van der Waals surface area (Å²) in [4.78, 5) is 26.7. The number of hydrogen-bond donors (Lipinski definition) is 0. The maximum absolute atomic E-state index is 13.5. The van der Waals surface area contributed by atoms with Crippen molar-refractivity contribution in [1.82, 2.24) is 0 Å². The van der Waals surface area contributed by atoms with Crippen molar-refractivity contribution in [2.45, 2.75) is 57.5 Å². The van der Waals surface area contributed by atoms with Crippen LogP contribution in [-0.4, -0.2) is 5.78 Å². The third-order valence-electron chi connectivity index (χ3n) is 7.25. The predicted molar refractivity (Wildman–Crippen MR) is 127 cm³/mol. The lowest BCUT2D eigenvalue weighted by atomic mass is 9.61. The summed E-state index contributed by atoms with van der Waals surface area (Å²) in [5, 5.41) is -1.21. The molecule has 3 aromatic carbocycles. The molecule has 0 N–H and O–H groups in total. The monoisotopic (exact) mass is 444 g/mol. The number of Topliss-reactive ketones (excluding diaryl/α,β-unsaturated/α-hetero) is 1. The van der Waals surface area contributed by atoms with Gasteiger partial charge in [-0.05, 0) is 61.1 Å². The molecule has 32 heavy (non-hydrogen) atoms. The summed E-state index contributed by atoms with van der Waals surface area (Å²) in [6.07, 6.45) is 0.455. The zero-order chi connectivity index (χ0) is 23.0. The Morgan fingerprint density at radius 3 is 1.50 bits per heavy atom. The van der Waals surface area contributed by atoms with E-state index in [1.165, 1.54) is 0 Å². The second-order valence-electron chi connectivity index (χ2n) is 9.11. The summed E-state index contributed by atoms with van der Waals surface area (Å²) in [5.74, 6) is -0.774. The van der Waals surface area contributed by atoms with Gasteiger partial charge in [-0.3, -0.25) is 4.79 Å². The Labute approximate surface area is 191 Å². The molecule has 1 saturated carbocycles. The summed E-state index contributed by atoms with van der Waals surface area (Å²) in [5.41, 5.74) is 6.86. The van der Waals surface area contributed by atoms with Gasteiger partial charge in [0.2, 0.25) is 5.16 Å². The lowest BCUT2D eigenvalue weighted by molar-refractivity contribution is -0.172. The van der Waals surface area contributed by atoms with Gasteiger partial charge in [0, 0.05) is 30.2 Å². The summed E-state index contributed by atoms with van der Waals surface area (Å²) < 4.78 is 13.5. The number of carbonyl (C=O) groups excluding carboxylic acids is 1. The zero-order valence-electron chi connectivity index (χ0n) is 19.1. The van der Waals surface area contributed by atoms with Crippen LogP contribution in [0.3, 0.4) is 0 Å². The smallest absolute Gasteiger partial charge is 0.321 e. The van der Waals surface area contributed by atoms with Crippen molar-refractivity contribution in [3.8, 4) is 0 Å². The highest BCUT2D eigenvalue weighted by atomic mass is 31.1. The van der Waals surface area contributed by atoms with Gasteiger partial charge in [-0.2, -0.15) is 0 Å². The van der Waals surface area contributed by atoms with Crippen molar-refractivity contribution in [2.24, 2.45) is 0 Å². The number of rotatable bonds is 4. The van der Waals surface area contributed by atoms with Crippen LogP contribution in [0.25, 0.3) is 0 Å². The molecule has 0 heterocycles. The van der Waals surface area contributed by atoms with Gasteiger partial charge in [-0.1, -0.05) is 71.3 Å². The van der Waals surface area contributed by atoms with Gasteiger partial charge in [0.15, 0.2) is 0 Å². The van der Waals surface area contributed by atoms with Crippen molar-refractivity contribution >= 4 is 13.8 Å². The molecule has 1 aliphatic rings. The Morgan fingerprint density at radius 1 is 0.719 bits per heavy atom. The highest BCUT2D eigenvalue weighted by molar-refractivity contribution is 7.38. The van der Waals surface area contributed by atoms with Crippen LogP contribution >= 0.6 is 8.03 Å². The molecule has 0 spiro atoms. The van der Waals surface area contributed by atoms with Crippen molar-refractivity contribution in [2.75, 3.05) is 0 Å². The van der Waals surface area contributed by atoms with E-state index >= 15 is 0 Å². The standard InChI is InChI=1S/C28H29O3P/c1-18-10-8-11-19(2)26(18)24-16-23(29)17-25(27-20(3)12-9-13-21(27)4)28(24,32(30)31)22-14-6-5-7-15-22/h5-15,24-25H,16-17H2,1-4H3. The van der Waals surface area contributed by atoms with E-state index in [1.54, 1.807) is 0 Å². The van der Waals surface area contributed by atoms with Crippen molar-refractivity contribution in [1.29, 1.82) is 0 Å². The van der Waals surface area contributed by atoms with Gasteiger partial charge in [0.05, 0.1) is 0 Å². The molecule has 164 valence electrons. The SMILES string of the molecule is Cc1cccc(C)c1C1CC(=O)CC(c2c(C)cccc2C)C1(c1ccccc1)[P+](=O)[O-]. The molecular weight excluding hydrogens is 415 g/mol. The summed E-state index contributed by atoms with van der Waals surface area (Å²) in [6, 6.07) is 21.6. The first-order valence-corrected chi connectivity index (χ1v) is 12.3. The fourth-order valence-electron chi connectivity index (χ4n) is 5.96. The topological polar surface area (TPSA) is 57.2 Å². The van der Waals surface area contributed by atoms with Crippen molar-refractivity contribution < 1.29 is 14.3 Å². The van der Waals surface area contributed by atoms with Crippen LogP contribution in [0.2, 0.25) is 0 Å². The maximum atomic E-state index is 13.5. The molecule has 0 aliphatic heterocycles. The largest absolute Gasteiger partial charge is 0.595 e. The van der Waals surface area contributed by atoms with Crippen LogP contribution in [-0.2, 0) is 14.5 Å². The molecule has 4 heteroatoms. The van der Waals surface area contributed by atoms with E-state index in [4.69, 9.17) is 0 Å². The summed E-state index contributed by atoms with van der Waals surface area (Å²) >= 11 is 0. The van der Waals surface area contributed by atoms with Gasteiger partial charge < -0.3 is 4.89 Å². The maximum Gasteiger partial charge on any atom is 0.321 e. The highest BCUT2D eigenvalue weighted by Crippen LogP contribution is 2.65. The highest BCUT2D eigenvalue weighted by Gasteiger charge is 2.62. The fourth-order valence-corrected chi connectivity index (χ4v) is 7.27. The molecule has 4 rings (SSSR count). The lowest BCUT2D eigenvalue weighted by Crippen LogP contribution is -2.45. The Morgan fingerprint density at radius 2 is 1.12 bits per heavy atom. The molecule has 0 radical (unpaired) electrons. The average molecular weight is 445 g/mol. The fraction of sp³-hybridized carbons (Fsp3) is 0.321. The van der Waals surface area contributed by atoms with E-state index in [1.807, 2.05) is 94.4 Å². The lowest BCUT2D eigenvalue weighted by Gasteiger charge is -2.45. The second kappa shape index (κ2) is 8.73. The molecule has 0 amide bonds. The molecule has 0 aromatic heterocycles. The van der Waals surface area contributed by atoms with Crippen LogP contribution in [0.1, 0.15) is 63.6 Å². The van der Waals surface area contributed by atoms with Gasteiger partial charge >= 0.3 is 8.03 Å². The third-order valence-corrected chi connectivity index (χ3v) is 8.73. The van der Waals surface area contributed by atoms with E-state index in [0.29, 0.717) is 0 Å². The molecule has 3 unspecified atom stereocenters. The Kier molecular flexibility index (Phi) is 6.16. The number of carbonyl (C=O) groups is 1. The Hall–Kier alpha value is -2.61. The van der Waals surface area contributed by atoms with Gasteiger partial charge in [0.25, 0.3) is 0 Å². The van der Waals surface area contributed by atoms with Crippen LogP contribution in [0.5, 0.6) is 0 Å². The third kappa shape index (κ3) is 3.54. The van der Waals surface area contributed by atoms with E-state index in [2.05, 4.69) is 0 Å². The molecule has 1 aliphatic carbocycles. The van der Waals surface area contributed by atoms with Crippen LogP contribution in [0, 0.1) is 27.7 Å². The van der Waals surface area contributed by atoms with Crippen LogP contribution in [0.4, 0.5) is 0 Å². The molecule has 3 aromatic rings. The van der Waals surface area contributed by atoms with Gasteiger partial charge in [-0.25, -0.2) is 0 Å². The van der Waals surface area contributed by atoms with E-state index in [9.17, 15) is 14.3 Å². The quantitative estimate of drug-likeness (QED) is 0.454. The van der Waals surface area contributed by atoms with Gasteiger partial charge in [0.1, 0.15) is 5.78 Å². The first-order valence-electron chi connectivity index (χ1n) is 11.1. The minimum atomic E-state index is -2.93. The first kappa shape index (κ1) is 22.6. The number of benzene rings is 3. The molecular formula is C28H29O3P. The van der Waals surface area contributed by atoms with Crippen molar-refractivity contribution in [3.05, 3.63) is 106 Å². The Bertz CT molecular complexity index is 1080.